The van der Waals surface area contributed by atoms with Crippen molar-refractivity contribution in [1.82, 2.24) is 9.97 Å². The van der Waals surface area contributed by atoms with Crippen LogP contribution in [0.5, 0.6) is 0 Å². The van der Waals surface area contributed by atoms with Gasteiger partial charge in [-0.25, -0.2) is 4.79 Å². The van der Waals surface area contributed by atoms with Crippen LogP contribution in [0.3, 0.4) is 0 Å². The van der Waals surface area contributed by atoms with Gasteiger partial charge in [0.1, 0.15) is 0 Å². The second-order valence-corrected chi connectivity index (χ2v) is 10.1. The van der Waals surface area contributed by atoms with Crippen LogP contribution in [0.25, 0.3) is 61.1 Å². The molecular weight excluding hydrogens is 747 g/mol. The smallest absolute Gasteiger partial charge is 0.675 e. The van der Waals surface area contributed by atoms with Gasteiger partial charge in [-0.1, -0.05) is 78.9 Å². The third-order valence-electron chi connectivity index (χ3n) is 7.25. The molecule has 3 heterocycles. The molecule has 0 saturated carbocycles. The molecule has 0 atom stereocenters. The van der Waals surface area contributed by atoms with Gasteiger partial charge in [0.2, 0.25) is 0 Å². The number of fused-ring (bicyclic) bond motifs is 3. The maximum absolute atomic E-state index is 10.8. The van der Waals surface area contributed by atoms with Gasteiger partial charge in [0.05, 0.1) is 0 Å². The Hall–Kier alpha value is -5.42. The minimum Gasteiger partial charge on any atom is -0.675 e. The summed E-state index contributed by atoms with van der Waals surface area (Å²) < 4.78 is 0. The first-order valence-corrected chi connectivity index (χ1v) is 14.5. The topological polar surface area (TPSA) is 77.2 Å². The SMILES string of the molecule is O=C(O)C1=c2ccccc2=CC[N-]1.[Ir+3].[c-]1ccccc1-c1nccc2ccccc12.[c-]1ccccc1-c1nccc2ccccc12. The van der Waals surface area contributed by atoms with Crippen molar-refractivity contribution in [3.8, 4) is 22.5 Å². The van der Waals surface area contributed by atoms with E-state index in [0.29, 0.717) is 11.8 Å². The number of nitrogens with zero attached hydrogens (tertiary/aromatic N) is 3. The number of carboxylic acids is 1. The molecule has 8 rings (SSSR count). The van der Waals surface area contributed by atoms with Gasteiger partial charge < -0.3 is 20.4 Å². The fourth-order valence-electron chi connectivity index (χ4n) is 5.14. The molecule has 6 heteroatoms. The number of rotatable bonds is 3. The van der Waals surface area contributed by atoms with Crippen LogP contribution in [0, 0.1) is 12.1 Å². The summed E-state index contributed by atoms with van der Waals surface area (Å²) in [4.78, 5) is 19.7. The standard InChI is InChI=1S/2C15H10N.C10H8NO2.Ir/c2*1-2-7-13(8-3-1)15-14-9-5-4-6-12(14)10-11-16-15;12-10(13)9-8-4-2-1-3-7(8)5-6-11-9;/h2*1-7,9-11H;1-5H,6H2,(H,12,13);/q3*-1;+3. The molecule has 0 radical (unpaired) electrons. The molecule has 0 amide bonds. The van der Waals surface area contributed by atoms with E-state index in [1.807, 2.05) is 122 Å². The molecule has 224 valence electrons. The second-order valence-electron chi connectivity index (χ2n) is 10.1. The maximum Gasteiger partial charge on any atom is 3.00 e. The van der Waals surface area contributed by atoms with E-state index in [0.717, 1.165) is 27.7 Å². The van der Waals surface area contributed by atoms with Crippen molar-refractivity contribution in [1.29, 1.82) is 0 Å². The van der Waals surface area contributed by atoms with Crippen LogP contribution in [0.1, 0.15) is 0 Å². The number of carbonyl (C=O) groups is 1. The Morgan fingerprint density at radius 3 is 1.65 bits per heavy atom. The molecule has 5 nitrogen and oxygen atoms in total. The van der Waals surface area contributed by atoms with Gasteiger partial charge in [0, 0.05) is 12.4 Å². The Morgan fingerprint density at radius 2 is 1.13 bits per heavy atom. The number of aliphatic carboxylic acids is 1. The number of aromatic nitrogens is 2. The zero-order chi connectivity index (χ0) is 30.8. The molecule has 0 spiro atoms. The Bertz CT molecular complexity index is 2080. The van der Waals surface area contributed by atoms with E-state index < -0.39 is 5.97 Å². The van der Waals surface area contributed by atoms with Crippen molar-refractivity contribution < 1.29 is 30.0 Å². The fourth-order valence-corrected chi connectivity index (χ4v) is 5.14. The summed E-state index contributed by atoms with van der Waals surface area (Å²) in [6, 6.07) is 50.3. The quantitative estimate of drug-likeness (QED) is 0.190. The fraction of sp³-hybridized carbons (Fsp3) is 0.0250. The van der Waals surface area contributed by atoms with Gasteiger partial charge in [-0.3, -0.25) is 0 Å². The Morgan fingerprint density at radius 1 is 0.630 bits per heavy atom. The molecule has 1 N–H and O–H groups in total. The average Bonchev–Trinajstić information content (AvgIpc) is 3.12. The molecule has 5 aromatic carbocycles. The molecule has 0 unspecified atom stereocenters. The van der Waals surface area contributed by atoms with Crippen molar-refractivity contribution in [2.45, 2.75) is 0 Å². The second kappa shape index (κ2) is 15.5. The summed E-state index contributed by atoms with van der Waals surface area (Å²) in [5.74, 6) is -0.958. The summed E-state index contributed by atoms with van der Waals surface area (Å²) in [5, 5.41) is 19.2. The monoisotopic (exact) mass is 775 g/mol. The molecule has 46 heavy (non-hydrogen) atoms. The Balaban J connectivity index is 0.000000135. The molecule has 1 aliphatic rings. The zero-order valence-corrected chi connectivity index (χ0v) is 27.1. The van der Waals surface area contributed by atoms with E-state index in [4.69, 9.17) is 5.11 Å². The first-order valence-electron chi connectivity index (χ1n) is 14.5. The normalized spacial score (nSPS) is 11.3. The van der Waals surface area contributed by atoms with Crippen LogP contribution in [0.4, 0.5) is 0 Å². The summed E-state index contributed by atoms with van der Waals surface area (Å²) in [6.45, 7) is 0.457. The molecular formula is C40H28IrN3O2. The van der Waals surface area contributed by atoms with Crippen molar-refractivity contribution in [3.05, 3.63) is 174 Å². The minimum absolute atomic E-state index is 0. The first-order chi connectivity index (χ1) is 22.2. The van der Waals surface area contributed by atoms with Crippen LogP contribution < -0.4 is 10.4 Å². The first kappa shape index (κ1) is 32.0. The molecule has 0 saturated heterocycles. The van der Waals surface area contributed by atoms with Gasteiger partial charge in [-0.15, -0.1) is 78.3 Å². The zero-order valence-electron chi connectivity index (χ0n) is 24.7. The van der Waals surface area contributed by atoms with Crippen LogP contribution in [0.2, 0.25) is 0 Å². The Kier molecular flexibility index (Phi) is 10.8. The third-order valence-corrected chi connectivity index (χ3v) is 7.25. The minimum atomic E-state index is -0.958. The Labute approximate surface area is 281 Å². The van der Waals surface area contributed by atoms with Crippen molar-refractivity contribution in [2.24, 2.45) is 0 Å². The van der Waals surface area contributed by atoms with E-state index in [9.17, 15) is 4.79 Å². The van der Waals surface area contributed by atoms with E-state index in [1.165, 1.54) is 21.5 Å². The van der Waals surface area contributed by atoms with Gasteiger partial charge in [0.25, 0.3) is 0 Å². The number of hydrogen-bond donors (Lipinski definition) is 1. The number of benzene rings is 5. The van der Waals surface area contributed by atoms with Gasteiger partial charge >= 0.3 is 26.1 Å². The van der Waals surface area contributed by atoms with Crippen LogP contribution in [-0.2, 0) is 24.9 Å². The molecule has 0 aliphatic carbocycles. The number of hydrogen-bond acceptors (Lipinski definition) is 3. The molecule has 2 aromatic heterocycles. The third kappa shape index (κ3) is 7.44. The van der Waals surface area contributed by atoms with Crippen LogP contribution in [-0.4, -0.2) is 27.6 Å². The van der Waals surface area contributed by atoms with Crippen LogP contribution >= 0.6 is 0 Å². The molecule has 1 aliphatic heterocycles. The molecule has 7 aromatic rings. The predicted octanol–water partition coefficient (Wildman–Crippen LogP) is 7.45. The van der Waals surface area contributed by atoms with Crippen LogP contribution in [0.15, 0.2) is 146 Å². The maximum atomic E-state index is 10.8. The molecule has 0 bridgehead atoms. The summed E-state index contributed by atoms with van der Waals surface area (Å²) in [5.41, 5.74) is 4.24. The predicted molar refractivity (Wildman–Crippen MR) is 181 cm³/mol. The summed E-state index contributed by atoms with van der Waals surface area (Å²) in [6.07, 6.45) is 5.61. The van der Waals surface area contributed by atoms with E-state index in [2.05, 4.69) is 51.7 Å². The molecule has 0 fully saturated rings. The van der Waals surface area contributed by atoms with Crippen molar-refractivity contribution in [3.63, 3.8) is 0 Å². The number of carboxylic acid groups (broad SMARTS) is 1. The van der Waals surface area contributed by atoms with Gasteiger partial charge in [-0.2, -0.15) is 0 Å². The van der Waals surface area contributed by atoms with Crippen molar-refractivity contribution in [2.75, 3.05) is 6.54 Å². The van der Waals surface area contributed by atoms with E-state index >= 15 is 0 Å². The van der Waals surface area contributed by atoms with E-state index in [-0.39, 0.29) is 25.8 Å². The van der Waals surface area contributed by atoms with Gasteiger partial charge in [0.15, 0.2) is 0 Å². The largest absolute Gasteiger partial charge is 3.00 e. The van der Waals surface area contributed by atoms with E-state index in [1.54, 1.807) is 6.07 Å². The number of pyridine rings is 2. The van der Waals surface area contributed by atoms with Gasteiger partial charge in [-0.05, 0) is 61.2 Å². The summed E-state index contributed by atoms with van der Waals surface area (Å²) in [7, 11) is 0. The summed E-state index contributed by atoms with van der Waals surface area (Å²) >= 11 is 0. The average molecular weight is 775 g/mol. The van der Waals surface area contributed by atoms with Crippen molar-refractivity contribution >= 4 is 39.3 Å².